The van der Waals surface area contributed by atoms with E-state index in [0.717, 1.165) is 19.8 Å². The number of aromatic nitrogens is 1. The van der Waals surface area contributed by atoms with Gasteiger partial charge >= 0.3 is 0 Å². The summed E-state index contributed by atoms with van der Waals surface area (Å²) < 4.78 is 6.98. The van der Waals surface area contributed by atoms with Crippen LogP contribution in [0.4, 0.5) is 5.13 Å². The number of thiazole rings is 1. The fourth-order valence-corrected chi connectivity index (χ4v) is 3.08. The van der Waals surface area contributed by atoms with E-state index in [1.807, 2.05) is 13.1 Å². The predicted octanol–water partition coefficient (Wildman–Crippen LogP) is 3.76. The van der Waals surface area contributed by atoms with Crippen molar-refractivity contribution < 1.29 is 4.74 Å². The highest BCUT2D eigenvalue weighted by Gasteiger charge is 2.14. The van der Waals surface area contributed by atoms with Gasteiger partial charge in [-0.05, 0) is 22.0 Å². The van der Waals surface area contributed by atoms with Gasteiger partial charge in [-0.3, -0.25) is 0 Å². The van der Waals surface area contributed by atoms with Gasteiger partial charge in [0, 0.05) is 11.5 Å². The molecule has 2 aromatic rings. The van der Waals surface area contributed by atoms with Crippen molar-refractivity contribution >= 4 is 54.2 Å². The van der Waals surface area contributed by atoms with Crippen LogP contribution in [0.2, 0.25) is 5.02 Å². The lowest BCUT2D eigenvalue weighted by molar-refractivity contribution is 0.415. The standard InChI is InChI=1S/C9H8BrClN2OS/c1-12-9-13-7-4(10)3-5(14-2)6(11)8(7)15-9/h3H,1-2H3,(H,12,13). The first-order valence-corrected chi connectivity index (χ1v) is 6.16. The van der Waals surface area contributed by atoms with E-state index in [0.29, 0.717) is 10.8 Å². The van der Waals surface area contributed by atoms with Gasteiger partial charge in [0.05, 0.1) is 17.3 Å². The van der Waals surface area contributed by atoms with Crippen molar-refractivity contribution in [3.63, 3.8) is 0 Å². The molecule has 0 fully saturated rings. The summed E-state index contributed by atoms with van der Waals surface area (Å²) in [6.45, 7) is 0. The molecule has 1 aromatic heterocycles. The number of ether oxygens (including phenoxy) is 1. The molecule has 15 heavy (non-hydrogen) atoms. The van der Waals surface area contributed by atoms with Crippen LogP contribution in [0.25, 0.3) is 10.2 Å². The second-order valence-electron chi connectivity index (χ2n) is 2.82. The normalized spacial score (nSPS) is 10.7. The largest absolute Gasteiger partial charge is 0.495 e. The monoisotopic (exact) mass is 306 g/mol. The number of anilines is 1. The van der Waals surface area contributed by atoms with E-state index < -0.39 is 0 Å². The van der Waals surface area contributed by atoms with E-state index in [4.69, 9.17) is 16.3 Å². The Labute approximate surface area is 105 Å². The Bertz CT molecular complexity index is 514. The number of halogens is 2. The summed E-state index contributed by atoms with van der Waals surface area (Å²) in [6, 6.07) is 1.82. The summed E-state index contributed by atoms with van der Waals surface area (Å²) in [7, 11) is 3.43. The lowest BCUT2D eigenvalue weighted by atomic mass is 10.3. The van der Waals surface area contributed by atoms with Gasteiger partial charge in [-0.15, -0.1) is 0 Å². The highest BCUT2D eigenvalue weighted by molar-refractivity contribution is 9.10. The van der Waals surface area contributed by atoms with E-state index in [2.05, 4.69) is 26.2 Å². The zero-order valence-electron chi connectivity index (χ0n) is 8.10. The highest BCUT2D eigenvalue weighted by atomic mass is 79.9. The van der Waals surface area contributed by atoms with Crippen molar-refractivity contribution in [3.05, 3.63) is 15.6 Å². The number of benzene rings is 1. The van der Waals surface area contributed by atoms with Crippen LogP contribution in [0, 0.1) is 0 Å². The molecular formula is C9H8BrClN2OS. The molecule has 1 aromatic carbocycles. The molecule has 6 heteroatoms. The summed E-state index contributed by atoms with van der Waals surface area (Å²) in [6.07, 6.45) is 0. The number of hydrogen-bond acceptors (Lipinski definition) is 4. The van der Waals surface area contributed by atoms with Gasteiger partial charge in [-0.25, -0.2) is 4.98 Å². The summed E-state index contributed by atoms with van der Waals surface area (Å²) in [5, 5.41) is 4.44. The molecular weight excluding hydrogens is 300 g/mol. The lowest BCUT2D eigenvalue weighted by Gasteiger charge is -2.03. The van der Waals surface area contributed by atoms with E-state index in [9.17, 15) is 0 Å². The molecule has 2 rings (SSSR count). The van der Waals surface area contributed by atoms with Crippen LogP contribution in [0.3, 0.4) is 0 Å². The average molecular weight is 308 g/mol. The quantitative estimate of drug-likeness (QED) is 0.917. The third-order valence-electron chi connectivity index (χ3n) is 1.96. The van der Waals surface area contributed by atoms with Crippen LogP contribution in [0.15, 0.2) is 10.5 Å². The van der Waals surface area contributed by atoms with Gasteiger partial charge < -0.3 is 10.1 Å². The minimum atomic E-state index is 0.606. The smallest absolute Gasteiger partial charge is 0.183 e. The Morgan fingerprint density at radius 1 is 1.60 bits per heavy atom. The molecule has 0 spiro atoms. The van der Waals surface area contributed by atoms with Crippen molar-refractivity contribution in [2.45, 2.75) is 0 Å². The average Bonchev–Trinajstić information content (AvgIpc) is 2.68. The Hall–Kier alpha value is -0.520. The van der Waals surface area contributed by atoms with Crippen LogP contribution in [-0.2, 0) is 0 Å². The number of fused-ring (bicyclic) bond motifs is 1. The summed E-state index contributed by atoms with van der Waals surface area (Å²) >= 11 is 11.1. The minimum Gasteiger partial charge on any atom is -0.495 e. The third-order valence-corrected chi connectivity index (χ3v) is 4.14. The SMILES string of the molecule is CNc1nc2c(Br)cc(OC)c(Cl)c2s1. The van der Waals surface area contributed by atoms with Crippen LogP contribution in [0.5, 0.6) is 5.75 Å². The van der Waals surface area contributed by atoms with E-state index in [1.54, 1.807) is 7.11 Å². The minimum absolute atomic E-state index is 0.606. The first-order valence-electron chi connectivity index (χ1n) is 4.17. The maximum absolute atomic E-state index is 6.18. The van der Waals surface area contributed by atoms with Gasteiger partial charge in [0.2, 0.25) is 0 Å². The fourth-order valence-electron chi connectivity index (χ4n) is 1.24. The zero-order valence-corrected chi connectivity index (χ0v) is 11.3. The maximum Gasteiger partial charge on any atom is 0.183 e. The Kier molecular flexibility index (Phi) is 3.04. The molecule has 0 amide bonds. The summed E-state index contributed by atoms with van der Waals surface area (Å²) in [5.74, 6) is 0.655. The van der Waals surface area contributed by atoms with Crippen molar-refractivity contribution in [1.29, 1.82) is 0 Å². The molecule has 0 saturated heterocycles. The molecule has 0 aliphatic heterocycles. The Morgan fingerprint density at radius 2 is 2.33 bits per heavy atom. The van der Waals surface area contributed by atoms with E-state index in [1.165, 1.54) is 11.3 Å². The molecule has 0 unspecified atom stereocenters. The fraction of sp³-hybridized carbons (Fsp3) is 0.222. The molecule has 1 heterocycles. The summed E-state index contributed by atoms with van der Waals surface area (Å²) in [5.41, 5.74) is 0.857. The highest BCUT2D eigenvalue weighted by Crippen LogP contribution is 2.41. The molecule has 3 nitrogen and oxygen atoms in total. The molecule has 80 valence electrons. The van der Waals surface area contributed by atoms with Crippen LogP contribution >= 0.6 is 38.9 Å². The molecule has 0 atom stereocenters. The number of nitrogens with zero attached hydrogens (tertiary/aromatic N) is 1. The Morgan fingerprint density at radius 3 is 2.93 bits per heavy atom. The van der Waals surface area contributed by atoms with Gasteiger partial charge in [0.15, 0.2) is 5.13 Å². The number of methoxy groups -OCH3 is 1. The van der Waals surface area contributed by atoms with Crippen molar-refractivity contribution in [2.24, 2.45) is 0 Å². The van der Waals surface area contributed by atoms with Gasteiger partial charge in [0.25, 0.3) is 0 Å². The molecule has 0 aliphatic rings. The Balaban J connectivity index is 2.78. The second-order valence-corrected chi connectivity index (χ2v) is 5.05. The molecule has 0 bridgehead atoms. The predicted molar refractivity (Wildman–Crippen MR) is 68.4 cm³/mol. The van der Waals surface area contributed by atoms with Gasteiger partial charge in [0.1, 0.15) is 10.8 Å². The molecule has 0 radical (unpaired) electrons. The number of nitrogens with one attached hydrogen (secondary N) is 1. The van der Waals surface area contributed by atoms with E-state index >= 15 is 0 Å². The van der Waals surface area contributed by atoms with Crippen LogP contribution in [-0.4, -0.2) is 19.1 Å². The number of rotatable bonds is 2. The van der Waals surface area contributed by atoms with E-state index in [-0.39, 0.29) is 0 Å². The maximum atomic E-state index is 6.18. The van der Waals surface area contributed by atoms with Gasteiger partial charge in [-0.2, -0.15) is 0 Å². The van der Waals surface area contributed by atoms with Gasteiger partial charge in [-0.1, -0.05) is 22.9 Å². The number of hydrogen-bond donors (Lipinski definition) is 1. The topological polar surface area (TPSA) is 34.2 Å². The molecule has 1 N–H and O–H groups in total. The van der Waals surface area contributed by atoms with Crippen LogP contribution < -0.4 is 10.1 Å². The first-order chi connectivity index (χ1) is 7.17. The van der Waals surface area contributed by atoms with Crippen LogP contribution in [0.1, 0.15) is 0 Å². The second kappa shape index (κ2) is 4.15. The molecule has 0 aliphatic carbocycles. The lowest BCUT2D eigenvalue weighted by Crippen LogP contribution is -1.86. The van der Waals surface area contributed by atoms with Crippen molar-refractivity contribution in [2.75, 3.05) is 19.5 Å². The van der Waals surface area contributed by atoms with Crippen molar-refractivity contribution in [3.8, 4) is 5.75 Å². The first kappa shape index (κ1) is 11.0. The molecule has 0 saturated carbocycles. The van der Waals surface area contributed by atoms with Crippen molar-refractivity contribution in [1.82, 2.24) is 4.98 Å². The third kappa shape index (κ3) is 1.79. The zero-order chi connectivity index (χ0) is 11.0. The summed E-state index contributed by atoms with van der Waals surface area (Å²) in [4.78, 5) is 4.39.